The van der Waals surface area contributed by atoms with Crippen molar-refractivity contribution < 1.29 is 4.74 Å². The number of thioether (sulfide) groups is 1. The van der Waals surface area contributed by atoms with E-state index in [9.17, 15) is 0 Å². The van der Waals surface area contributed by atoms with Crippen molar-refractivity contribution in [1.29, 1.82) is 0 Å². The fraction of sp³-hybridized carbons (Fsp3) is 1.00. The van der Waals surface area contributed by atoms with Crippen LogP contribution in [0.4, 0.5) is 0 Å². The number of epoxide rings is 1. The van der Waals surface area contributed by atoms with Crippen LogP contribution in [0.15, 0.2) is 0 Å². The van der Waals surface area contributed by atoms with E-state index in [2.05, 4.69) is 25.6 Å². The van der Waals surface area contributed by atoms with E-state index >= 15 is 0 Å². The van der Waals surface area contributed by atoms with Gasteiger partial charge >= 0.3 is 0 Å². The topological polar surface area (TPSA) is 12.5 Å². The number of ether oxygens (including phenoxy) is 1. The Morgan fingerprint density at radius 2 is 2.07 bits per heavy atom. The van der Waals surface area contributed by atoms with Gasteiger partial charge in [-0.15, -0.1) is 11.8 Å². The van der Waals surface area contributed by atoms with E-state index in [1.54, 1.807) is 0 Å². The van der Waals surface area contributed by atoms with Gasteiger partial charge in [0, 0.05) is 5.25 Å². The lowest BCUT2D eigenvalue weighted by Gasteiger charge is -2.32. The second-order valence-corrected chi connectivity index (χ2v) is 6.62. The Bertz CT molecular complexity index is 187. The van der Waals surface area contributed by atoms with Gasteiger partial charge in [-0.3, -0.25) is 0 Å². The zero-order chi connectivity index (χ0) is 10.0. The van der Waals surface area contributed by atoms with Crippen LogP contribution in [0, 0.1) is 5.92 Å². The first-order valence-corrected chi connectivity index (χ1v) is 6.93. The molecule has 1 aliphatic carbocycles. The highest BCUT2D eigenvalue weighted by Gasteiger charge is 2.43. The van der Waals surface area contributed by atoms with Crippen LogP contribution in [0.5, 0.6) is 0 Å². The van der Waals surface area contributed by atoms with Crippen LogP contribution in [0.2, 0.25) is 0 Å². The predicted octanol–water partition coefficient (Wildman–Crippen LogP) is 3.82. The highest BCUT2D eigenvalue weighted by atomic mass is 32.2. The summed E-state index contributed by atoms with van der Waals surface area (Å²) in [5.41, 5.74) is 0. The van der Waals surface area contributed by atoms with Crippen molar-refractivity contribution in [3.63, 3.8) is 0 Å². The summed E-state index contributed by atoms with van der Waals surface area (Å²) in [7, 11) is 0. The Morgan fingerprint density at radius 1 is 1.36 bits per heavy atom. The van der Waals surface area contributed by atoms with Crippen molar-refractivity contribution in [3.8, 4) is 0 Å². The fourth-order valence-corrected chi connectivity index (χ4v) is 4.10. The molecule has 1 saturated carbocycles. The normalized spacial score (nSPS) is 42.4. The van der Waals surface area contributed by atoms with Crippen molar-refractivity contribution >= 4 is 11.8 Å². The molecule has 1 heterocycles. The van der Waals surface area contributed by atoms with Crippen molar-refractivity contribution in [2.24, 2.45) is 5.92 Å². The van der Waals surface area contributed by atoms with Crippen LogP contribution < -0.4 is 0 Å². The van der Waals surface area contributed by atoms with E-state index < -0.39 is 0 Å². The smallest absolute Gasteiger partial charge is 0.134 e. The average Bonchev–Trinajstić information content (AvgIpc) is 2.88. The van der Waals surface area contributed by atoms with E-state index in [1.165, 1.54) is 38.5 Å². The van der Waals surface area contributed by atoms with Gasteiger partial charge in [-0.2, -0.15) is 0 Å². The molecule has 2 fully saturated rings. The number of hydrogen-bond donors (Lipinski definition) is 0. The largest absolute Gasteiger partial charge is 0.358 e. The highest BCUT2D eigenvalue weighted by molar-refractivity contribution is 8.01. The zero-order valence-electron chi connectivity index (χ0n) is 9.42. The molecule has 0 bridgehead atoms. The lowest BCUT2D eigenvalue weighted by molar-refractivity contribution is 0.341. The first-order chi connectivity index (χ1) is 6.73. The second-order valence-electron chi connectivity index (χ2n) is 4.91. The van der Waals surface area contributed by atoms with Gasteiger partial charge in [-0.25, -0.2) is 0 Å². The van der Waals surface area contributed by atoms with Gasteiger partial charge in [-0.1, -0.05) is 26.2 Å². The molecule has 14 heavy (non-hydrogen) atoms. The summed E-state index contributed by atoms with van der Waals surface area (Å²) in [5.74, 6) is 0.972. The van der Waals surface area contributed by atoms with Gasteiger partial charge < -0.3 is 4.74 Å². The zero-order valence-corrected chi connectivity index (χ0v) is 10.2. The maximum absolute atomic E-state index is 5.49. The molecule has 3 atom stereocenters. The molecule has 2 heteroatoms. The minimum atomic E-state index is 0.202. The van der Waals surface area contributed by atoms with Crippen LogP contribution >= 0.6 is 11.8 Å². The Labute approximate surface area is 92.0 Å². The molecule has 0 spiro atoms. The summed E-state index contributed by atoms with van der Waals surface area (Å²) in [6.07, 6.45) is 8.55. The molecule has 1 aliphatic heterocycles. The van der Waals surface area contributed by atoms with E-state index in [1.807, 2.05) is 0 Å². The molecule has 0 amide bonds. The van der Waals surface area contributed by atoms with Crippen LogP contribution in [0.25, 0.3) is 0 Å². The maximum atomic E-state index is 5.49. The number of hydrogen-bond acceptors (Lipinski definition) is 2. The molecular formula is C12H22OS. The standard InChI is InChI=1S/C12H22OS/c1-3-6-10-7-4-5-8-11(10)14-12(2)9-13-12/h10-11H,3-9H2,1-2H3. The molecule has 0 aromatic carbocycles. The molecule has 3 unspecified atom stereocenters. The van der Waals surface area contributed by atoms with E-state index in [0.717, 1.165) is 17.8 Å². The van der Waals surface area contributed by atoms with Gasteiger partial charge in [0.05, 0.1) is 6.61 Å². The first kappa shape index (κ1) is 10.8. The summed E-state index contributed by atoms with van der Waals surface area (Å²) in [5, 5.41) is 0.885. The predicted molar refractivity (Wildman–Crippen MR) is 62.6 cm³/mol. The molecule has 1 nitrogen and oxygen atoms in total. The summed E-state index contributed by atoms with van der Waals surface area (Å²) >= 11 is 2.11. The third-order valence-corrected chi connectivity index (χ3v) is 5.11. The molecule has 1 saturated heterocycles. The van der Waals surface area contributed by atoms with Crippen molar-refractivity contribution in [1.82, 2.24) is 0 Å². The van der Waals surface area contributed by atoms with E-state index in [4.69, 9.17) is 4.74 Å². The van der Waals surface area contributed by atoms with Crippen molar-refractivity contribution in [3.05, 3.63) is 0 Å². The maximum Gasteiger partial charge on any atom is 0.134 e. The summed E-state index contributed by atoms with van der Waals surface area (Å²) in [6, 6.07) is 0. The molecular weight excluding hydrogens is 192 g/mol. The average molecular weight is 214 g/mol. The van der Waals surface area contributed by atoms with Crippen molar-refractivity contribution in [2.45, 2.75) is 62.6 Å². The van der Waals surface area contributed by atoms with Crippen molar-refractivity contribution in [2.75, 3.05) is 6.61 Å². The van der Waals surface area contributed by atoms with Gasteiger partial charge in [0.15, 0.2) is 0 Å². The minimum Gasteiger partial charge on any atom is -0.358 e. The third kappa shape index (κ3) is 2.66. The summed E-state index contributed by atoms with van der Waals surface area (Å²) in [6.45, 7) is 5.54. The van der Waals surface area contributed by atoms with Crippen LogP contribution in [-0.2, 0) is 4.74 Å². The monoisotopic (exact) mass is 214 g/mol. The summed E-state index contributed by atoms with van der Waals surface area (Å²) < 4.78 is 5.49. The minimum absolute atomic E-state index is 0.202. The Kier molecular flexibility index (Phi) is 3.43. The van der Waals surface area contributed by atoms with Gasteiger partial charge in [0.25, 0.3) is 0 Å². The lowest BCUT2D eigenvalue weighted by atomic mass is 9.86. The Hall–Kier alpha value is 0.310. The third-order valence-electron chi connectivity index (χ3n) is 3.45. The fourth-order valence-electron chi connectivity index (χ4n) is 2.52. The second kappa shape index (κ2) is 4.44. The molecule has 0 aromatic rings. The molecule has 2 aliphatic rings. The lowest BCUT2D eigenvalue weighted by Crippen LogP contribution is -2.24. The van der Waals surface area contributed by atoms with Gasteiger partial charge in [0.2, 0.25) is 0 Å². The van der Waals surface area contributed by atoms with E-state index in [-0.39, 0.29) is 4.93 Å². The van der Waals surface area contributed by atoms with Crippen LogP contribution in [0.3, 0.4) is 0 Å². The van der Waals surface area contributed by atoms with Crippen LogP contribution in [0.1, 0.15) is 52.4 Å². The molecule has 0 aromatic heterocycles. The summed E-state index contributed by atoms with van der Waals surface area (Å²) in [4.78, 5) is 0.202. The molecule has 0 radical (unpaired) electrons. The molecule has 2 rings (SSSR count). The SMILES string of the molecule is CCCC1CCCCC1SC1(C)CO1. The van der Waals surface area contributed by atoms with E-state index in [0.29, 0.717) is 0 Å². The van der Waals surface area contributed by atoms with Gasteiger partial charge in [-0.05, 0) is 32.1 Å². The quantitative estimate of drug-likeness (QED) is 0.660. The van der Waals surface area contributed by atoms with Crippen LogP contribution in [-0.4, -0.2) is 16.8 Å². The first-order valence-electron chi connectivity index (χ1n) is 6.05. The molecule has 0 N–H and O–H groups in total. The highest BCUT2D eigenvalue weighted by Crippen LogP contribution is 2.47. The number of rotatable bonds is 4. The van der Waals surface area contributed by atoms with Gasteiger partial charge in [0.1, 0.15) is 4.93 Å². The Balaban J connectivity index is 1.85. The molecule has 82 valence electrons. The Morgan fingerprint density at radius 3 is 2.71 bits per heavy atom.